The Kier molecular flexibility index (Phi) is 10.7. The minimum absolute atomic E-state index is 0.0836. The molecule has 3 rings (SSSR count). The van der Waals surface area contributed by atoms with Gasteiger partial charge in [-0.1, -0.05) is 18.2 Å². The van der Waals surface area contributed by atoms with E-state index in [4.69, 9.17) is 13.5 Å². The van der Waals surface area contributed by atoms with E-state index in [1.165, 1.54) is 17.7 Å². The van der Waals surface area contributed by atoms with Gasteiger partial charge in [-0.2, -0.15) is 16.8 Å². The number of nitrogens with zero attached hydrogens (tertiary/aromatic N) is 1. The van der Waals surface area contributed by atoms with Gasteiger partial charge in [-0.25, -0.2) is 0 Å². The second-order valence-electron chi connectivity index (χ2n) is 8.61. The summed E-state index contributed by atoms with van der Waals surface area (Å²) in [6, 6.07) is 12.6. The number of nitrogens with one attached hydrogen (secondary N) is 1. The van der Waals surface area contributed by atoms with Crippen molar-refractivity contribution < 1.29 is 35.1 Å². The van der Waals surface area contributed by atoms with Crippen molar-refractivity contribution in [3.05, 3.63) is 59.2 Å². The lowest BCUT2D eigenvalue weighted by Gasteiger charge is -2.32. The van der Waals surface area contributed by atoms with Gasteiger partial charge in [0.25, 0.3) is 16.0 Å². The van der Waals surface area contributed by atoms with Gasteiger partial charge in [-0.15, -0.1) is 0 Å². The molecule has 2 aromatic carbocycles. The third kappa shape index (κ3) is 11.4. The van der Waals surface area contributed by atoms with Crippen molar-refractivity contribution >= 4 is 26.1 Å². The Labute approximate surface area is 213 Å². The molecule has 200 valence electrons. The highest BCUT2D eigenvalue weighted by Crippen LogP contribution is 2.22. The molecule has 0 aromatic heterocycles. The SMILES string of the molecule is CCOc1cc(CN2CCC(NC(=O)c3cccc(OS(C)(=O)=O)c3)CC2)ccc1C.CS(=O)(=O)O. The Hall–Kier alpha value is -2.67. The molecule has 0 unspecified atom stereocenters. The molecular weight excluding hydrogens is 508 g/mol. The van der Waals surface area contributed by atoms with E-state index in [1.807, 2.05) is 13.8 Å². The fourth-order valence-electron chi connectivity index (χ4n) is 3.68. The molecule has 1 saturated heterocycles. The van der Waals surface area contributed by atoms with E-state index in [2.05, 4.69) is 28.4 Å². The lowest BCUT2D eigenvalue weighted by molar-refractivity contribution is 0.0908. The Morgan fingerprint density at radius 3 is 2.31 bits per heavy atom. The molecule has 0 spiro atoms. The topological polar surface area (TPSA) is 139 Å². The monoisotopic (exact) mass is 542 g/mol. The number of benzene rings is 2. The summed E-state index contributed by atoms with van der Waals surface area (Å²) >= 11 is 0. The zero-order chi connectivity index (χ0) is 26.9. The van der Waals surface area contributed by atoms with E-state index in [-0.39, 0.29) is 17.7 Å². The van der Waals surface area contributed by atoms with Gasteiger partial charge in [0.15, 0.2) is 0 Å². The fourth-order valence-corrected chi connectivity index (χ4v) is 4.13. The maximum atomic E-state index is 12.6. The van der Waals surface area contributed by atoms with Crippen LogP contribution in [0.25, 0.3) is 0 Å². The molecule has 0 radical (unpaired) electrons. The summed E-state index contributed by atoms with van der Waals surface area (Å²) in [5.74, 6) is 0.844. The molecular formula is C24H34N2O8S2. The van der Waals surface area contributed by atoms with Crippen molar-refractivity contribution in [1.82, 2.24) is 10.2 Å². The van der Waals surface area contributed by atoms with Crippen LogP contribution in [-0.4, -0.2) is 70.4 Å². The van der Waals surface area contributed by atoms with Crippen molar-refractivity contribution in [2.75, 3.05) is 32.2 Å². The van der Waals surface area contributed by atoms with Gasteiger partial charge in [0.1, 0.15) is 11.5 Å². The van der Waals surface area contributed by atoms with Crippen LogP contribution < -0.4 is 14.2 Å². The first kappa shape index (κ1) is 29.6. The fraction of sp³-hybridized carbons (Fsp3) is 0.458. The predicted molar refractivity (Wildman–Crippen MR) is 137 cm³/mol. The molecule has 2 aromatic rings. The Morgan fingerprint density at radius 1 is 1.08 bits per heavy atom. The lowest BCUT2D eigenvalue weighted by Crippen LogP contribution is -2.44. The summed E-state index contributed by atoms with van der Waals surface area (Å²) < 4.78 is 59.0. The van der Waals surface area contributed by atoms with Crippen molar-refractivity contribution in [2.24, 2.45) is 0 Å². The normalized spacial score (nSPS) is 14.9. The minimum Gasteiger partial charge on any atom is -0.494 e. The molecule has 1 amide bonds. The van der Waals surface area contributed by atoms with E-state index in [0.29, 0.717) is 18.4 Å². The first-order chi connectivity index (χ1) is 16.7. The maximum absolute atomic E-state index is 12.6. The van der Waals surface area contributed by atoms with Gasteiger partial charge in [-0.05, 0) is 62.1 Å². The minimum atomic E-state index is -3.67. The standard InChI is InChI=1S/C23H30N2O5S.CH4O3S/c1-4-29-22-14-18(9-8-17(22)2)16-25-12-10-20(11-13-25)24-23(26)19-6-5-7-21(15-19)30-31(3,27)28;1-5(2,3)4/h5-9,14-15,20H,4,10-13,16H2,1-3H3,(H,24,26);1H3,(H,2,3,4). The van der Waals surface area contributed by atoms with Crippen molar-refractivity contribution in [2.45, 2.75) is 39.3 Å². The third-order valence-corrected chi connectivity index (χ3v) is 5.72. The Morgan fingerprint density at radius 2 is 1.72 bits per heavy atom. The van der Waals surface area contributed by atoms with Crippen LogP contribution in [-0.2, 0) is 26.8 Å². The van der Waals surface area contributed by atoms with Crippen LogP contribution in [0.15, 0.2) is 42.5 Å². The molecule has 1 heterocycles. The van der Waals surface area contributed by atoms with Gasteiger partial charge in [0, 0.05) is 31.2 Å². The van der Waals surface area contributed by atoms with Gasteiger partial charge in [0.2, 0.25) is 0 Å². The molecule has 2 N–H and O–H groups in total. The number of piperidine rings is 1. The molecule has 10 nitrogen and oxygen atoms in total. The zero-order valence-corrected chi connectivity index (χ0v) is 22.6. The van der Waals surface area contributed by atoms with E-state index in [0.717, 1.165) is 50.0 Å². The van der Waals surface area contributed by atoms with Crippen LogP contribution >= 0.6 is 0 Å². The summed E-state index contributed by atoms with van der Waals surface area (Å²) in [5.41, 5.74) is 2.74. The second-order valence-corrected chi connectivity index (χ2v) is 11.6. The Balaban J connectivity index is 0.000000830. The first-order valence-corrected chi connectivity index (χ1v) is 15.1. The van der Waals surface area contributed by atoms with E-state index < -0.39 is 20.2 Å². The second kappa shape index (κ2) is 13.0. The molecule has 0 atom stereocenters. The number of carbonyl (C=O) groups is 1. The summed E-state index contributed by atoms with van der Waals surface area (Å²) in [6.45, 7) is 7.32. The zero-order valence-electron chi connectivity index (χ0n) is 20.9. The smallest absolute Gasteiger partial charge is 0.306 e. The van der Waals surface area contributed by atoms with E-state index in [9.17, 15) is 21.6 Å². The largest absolute Gasteiger partial charge is 0.494 e. The van der Waals surface area contributed by atoms with Crippen molar-refractivity contribution in [3.63, 3.8) is 0 Å². The molecule has 0 saturated carbocycles. The van der Waals surface area contributed by atoms with Crippen LogP contribution in [0.5, 0.6) is 11.5 Å². The number of ether oxygens (including phenoxy) is 1. The molecule has 1 aliphatic heterocycles. The third-order valence-electron chi connectivity index (χ3n) is 5.23. The number of aryl methyl sites for hydroxylation is 1. The summed E-state index contributed by atoms with van der Waals surface area (Å²) in [5, 5.41) is 3.05. The number of amides is 1. The average Bonchev–Trinajstić information content (AvgIpc) is 2.75. The van der Waals surface area contributed by atoms with Gasteiger partial charge in [-0.3, -0.25) is 14.2 Å². The first-order valence-electron chi connectivity index (χ1n) is 11.4. The van der Waals surface area contributed by atoms with Crippen LogP contribution in [0.3, 0.4) is 0 Å². The van der Waals surface area contributed by atoms with E-state index in [1.54, 1.807) is 12.1 Å². The highest BCUT2D eigenvalue weighted by atomic mass is 32.2. The molecule has 1 fully saturated rings. The summed E-state index contributed by atoms with van der Waals surface area (Å²) in [4.78, 5) is 15.0. The lowest BCUT2D eigenvalue weighted by atomic mass is 10.0. The van der Waals surface area contributed by atoms with Crippen LogP contribution in [0.1, 0.15) is 41.3 Å². The highest BCUT2D eigenvalue weighted by molar-refractivity contribution is 7.86. The average molecular weight is 543 g/mol. The number of hydrogen-bond donors (Lipinski definition) is 2. The number of likely N-dealkylation sites (tertiary alicyclic amines) is 1. The highest BCUT2D eigenvalue weighted by Gasteiger charge is 2.22. The van der Waals surface area contributed by atoms with Gasteiger partial charge in [0.05, 0.1) is 19.1 Å². The predicted octanol–water partition coefficient (Wildman–Crippen LogP) is 2.63. The van der Waals surface area contributed by atoms with Crippen LogP contribution in [0, 0.1) is 6.92 Å². The molecule has 36 heavy (non-hydrogen) atoms. The molecule has 0 bridgehead atoms. The van der Waals surface area contributed by atoms with Gasteiger partial charge >= 0.3 is 10.1 Å². The maximum Gasteiger partial charge on any atom is 0.306 e. The molecule has 0 aliphatic carbocycles. The molecule has 1 aliphatic rings. The van der Waals surface area contributed by atoms with E-state index >= 15 is 0 Å². The molecule has 12 heteroatoms. The number of rotatable bonds is 8. The summed E-state index contributed by atoms with van der Waals surface area (Å²) in [6.07, 6.45) is 3.40. The van der Waals surface area contributed by atoms with Crippen molar-refractivity contribution in [1.29, 1.82) is 0 Å². The number of carbonyl (C=O) groups excluding carboxylic acids is 1. The van der Waals surface area contributed by atoms with Crippen LogP contribution in [0.2, 0.25) is 0 Å². The van der Waals surface area contributed by atoms with Gasteiger partial charge < -0.3 is 14.2 Å². The van der Waals surface area contributed by atoms with Crippen molar-refractivity contribution in [3.8, 4) is 11.5 Å². The van der Waals surface area contributed by atoms with Crippen LogP contribution in [0.4, 0.5) is 0 Å². The number of hydrogen-bond acceptors (Lipinski definition) is 8. The summed E-state index contributed by atoms with van der Waals surface area (Å²) in [7, 11) is -7.30. The quantitative estimate of drug-likeness (QED) is 0.381. The Bertz CT molecular complexity index is 1230.